The van der Waals surface area contributed by atoms with Gasteiger partial charge in [0, 0.05) is 43.9 Å². The number of sulfonamides is 1. The van der Waals surface area contributed by atoms with Crippen LogP contribution < -0.4 is 5.56 Å². The highest BCUT2D eigenvalue weighted by atomic mass is 32.2. The maximum absolute atomic E-state index is 13.2. The molecule has 0 unspecified atom stereocenters. The minimum atomic E-state index is -3.58. The van der Waals surface area contributed by atoms with Crippen LogP contribution in [0.1, 0.15) is 41.6 Å². The standard InChI is InChI=1S/C23H30N4O4S2/c1-16-20(22(29)25-23(24-16)32-2)9-10-21(28)26-11-13-27(14-12-26)33(30,31)19-8-7-17-5-3-4-6-18(17)15-19/h7-8,15H,3-6,9-14H2,1-2H3,(H,24,25,29). The van der Waals surface area contributed by atoms with Crippen molar-refractivity contribution in [2.45, 2.75) is 55.5 Å². The van der Waals surface area contributed by atoms with Crippen LogP contribution in [0.2, 0.25) is 0 Å². The number of carbonyl (C=O) groups is 1. The summed E-state index contributed by atoms with van der Waals surface area (Å²) in [5.74, 6) is -0.0754. The van der Waals surface area contributed by atoms with Crippen LogP contribution in [0.3, 0.4) is 0 Å². The highest BCUT2D eigenvalue weighted by molar-refractivity contribution is 7.98. The van der Waals surface area contributed by atoms with E-state index in [0.717, 1.165) is 31.2 Å². The van der Waals surface area contributed by atoms with Crippen LogP contribution in [0.25, 0.3) is 0 Å². The molecule has 0 spiro atoms. The SMILES string of the molecule is CSc1nc(C)c(CCC(=O)N2CCN(S(=O)(=O)c3ccc4c(c3)CCCC4)CC2)c(=O)[nH]1. The zero-order valence-electron chi connectivity index (χ0n) is 19.1. The van der Waals surface area contributed by atoms with Gasteiger partial charge in [-0.05, 0) is 68.5 Å². The fraction of sp³-hybridized carbons (Fsp3) is 0.522. The van der Waals surface area contributed by atoms with Crippen LogP contribution >= 0.6 is 11.8 Å². The lowest BCUT2D eigenvalue weighted by molar-refractivity contribution is -0.132. The van der Waals surface area contributed by atoms with Crippen LogP contribution in [0.4, 0.5) is 0 Å². The van der Waals surface area contributed by atoms with Gasteiger partial charge in [0.15, 0.2) is 5.16 Å². The van der Waals surface area contributed by atoms with E-state index >= 15 is 0 Å². The van der Waals surface area contributed by atoms with Gasteiger partial charge in [-0.1, -0.05) is 17.8 Å². The van der Waals surface area contributed by atoms with E-state index in [2.05, 4.69) is 9.97 Å². The van der Waals surface area contributed by atoms with Crippen LogP contribution in [-0.2, 0) is 34.1 Å². The second-order valence-electron chi connectivity index (χ2n) is 8.56. The normalized spacial score (nSPS) is 17.1. The number of aromatic nitrogens is 2. The van der Waals surface area contributed by atoms with Gasteiger partial charge in [0.2, 0.25) is 15.9 Å². The topological polar surface area (TPSA) is 103 Å². The molecule has 4 rings (SSSR count). The second-order valence-corrected chi connectivity index (χ2v) is 11.3. The minimum absolute atomic E-state index is 0.0754. The number of rotatable bonds is 6. The molecule has 0 bridgehead atoms. The van der Waals surface area contributed by atoms with Gasteiger partial charge in [-0.3, -0.25) is 9.59 Å². The Balaban J connectivity index is 1.36. The Kier molecular flexibility index (Phi) is 7.25. The molecule has 0 atom stereocenters. The molecule has 0 radical (unpaired) electrons. The summed E-state index contributed by atoms with van der Waals surface area (Å²) in [7, 11) is -3.58. The van der Waals surface area contributed by atoms with Gasteiger partial charge in [-0.25, -0.2) is 13.4 Å². The largest absolute Gasteiger partial charge is 0.340 e. The van der Waals surface area contributed by atoms with Crippen LogP contribution in [0.5, 0.6) is 0 Å². The third-order valence-corrected chi connectivity index (χ3v) is 9.01. The predicted octanol–water partition coefficient (Wildman–Crippen LogP) is 2.14. The molecule has 1 N–H and O–H groups in total. The Bertz CT molecular complexity index is 1200. The average Bonchev–Trinajstić information content (AvgIpc) is 2.83. The zero-order chi connectivity index (χ0) is 23.6. The maximum Gasteiger partial charge on any atom is 0.254 e. The van der Waals surface area contributed by atoms with Gasteiger partial charge in [0.1, 0.15) is 0 Å². The number of amides is 1. The van der Waals surface area contributed by atoms with Gasteiger partial charge in [-0.2, -0.15) is 4.31 Å². The number of piperazine rings is 1. The number of hydrogen-bond donors (Lipinski definition) is 1. The fourth-order valence-corrected chi connectivity index (χ4v) is 6.46. The molecule has 1 aromatic carbocycles. The molecule has 1 aliphatic heterocycles. The van der Waals surface area contributed by atoms with E-state index < -0.39 is 10.0 Å². The first-order chi connectivity index (χ1) is 15.8. The van der Waals surface area contributed by atoms with Crippen molar-refractivity contribution < 1.29 is 13.2 Å². The monoisotopic (exact) mass is 490 g/mol. The average molecular weight is 491 g/mol. The number of fused-ring (bicyclic) bond motifs is 1. The van der Waals surface area contributed by atoms with E-state index in [9.17, 15) is 18.0 Å². The summed E-state index contributed by atoms with van der Waals surface area (Å²) in [5.41, 5.74) is 3.34. The molecule has 0 saturated carbocycles. The van der Waals surface area contributed by atoms with Gasteiger partial charge >= 0.3 is 0 Å². The Morgan fingerprint density at radius 1 is 1.12 bits per heavy atom. The molecule has 1 saturated heterocycles. The van der Waals surface area contributed by atoms with Crippen molar-refractivity contribution in [3.8, 4) is 0 Å². The number of nitrogens with one attached hydrogen (secondary N) is 1. The summed E-state index contributed by atoms with van der Waals surface area (Å²) >= 11 is 1.36. The van der Waals surface area contributed by atoms with Gasteiger partial charge < -0.3 is 9.88 Å². The van der Waals surface area contributed by atoms with E-state index in [1.54, 1.807) is 17.9 Å². The lowest BCUT2D eigenvalue weighted by Crippen LogP contribution is -2.50. The Morgan fingerprint density at radius 3 is 2.48 bits per heavy atom. The van der Waals surface area contributed by atoms with Crippen molar-refractivity contribution >= 4 is 27.7 Å². The van der Waals surface area contributed by atoms with Crippen LogP contribution in [0, 0.1) is 6.92 Å². The van der Waals surface area contributed by atoms with Crippen LogP contribution in [-0.4, -0.2) is 65.9 Å². The van der Waals surface area contributed by atoms with Crippen molar-refractivity contribution in [1.29, 1.82) is 0 Å². The highest BCUT2D eigenvalue weighted by Gasteiger charge is 2.30. The quantitative estimate of drug-likeness (QED) is 0.492. The number of hydrogen-bond acceptors (Lipinski definition) is 6. The third kappa shape index (κ3) is 5.17. The molecule has 1 amide bonds. The molecular formula is C23H30N4O4S2. The third-order valence-electron chi connectivity index (χ3n) is 6.53. The number of benzene rings is 1. The summed E-state index contributed by atoms with van der Waals surface area (Å²) in [6.45, 7) is 3.02. The van der Waals surface area contributed by atoms with E-state index in [1.165, 1.54) is 21.6 Å². The predicted molar refractivity (Wildman–Crippen MR) is 128 cm³/mol. The number of nitrogens with zero attached hydrogens (tertiary/aromatic N) is 3. The lowest BCUT2D eigenvalue weighted by Gasteiger charge is -2.34. The molecule has 10 heteroatoms. The summed E-state index contributed by atoms with van der Waals surface area (Å²) in [5, 5.41) is 0.559. The fourth-order valence-electron chi connectivity index (χ4n) is 4.56. The van der Waals surface area contributed by atoms with Crippen LogP contribution in [0.15, 0.2) is 33.0 Å². The summed E-state index contributed by atoms with van der Waals surface area (Å²) in [6, 6.07) is 5.50. The molecule has 1 fully saturated rings. The lowest BCUT2D eigenvalue weighted by atomic mass is 9.92. The second kappa shape index (κ2) is 9.99. The molecule has 8 nitrogen and oxygen atoms in total. The highest BCUT2D eigenvalue weighted by Crippen LogP contribution is 2.26. The Hall–Kier alpha value is -2.17. The van der Waals surface area contributed by atoms with E-state index in [-0.39, 0.29) is 31.0 Å². The smallest absolute Gasteiger partial charge is 0.254 e. The number of H-pyrrole nitrogens is 1. The van der Waals surface area contributed by atoms with Crippen molar-refractivity contribution in [3.05, 3.63) is 50.9 Å². The Morgan fingerprint density at radius 2 is 1.82 bits per heavy atom. The van der Waals surface area contributed by atoms with E-state index in [4.69, 9.17) is 0 Å². The first-order valence-corrected chi connectivity index (χ1v) is 14.0. The summed E-state index contributed by atoms with van der Waals surface area (Å²) < 4.78 is 27.8. The van der Waals surface area contributed by atoms with Crippen molar-refractivity contribution in [3.63, 3.8) is 0 Å². The first-order valence-electron chi connectivity index (χ1n) is 11.3. The van der Waals surface area contributed by atoms with E-state index in [1.807, 2.05) is 18.4 Å². The molecule has 2 heterocycles. The number of carbonyl (C=O) groups excluding carboxylic acids is 1. The molecule has 1 aromatic heterocycles. The number of thioether (sulfide) groups is 1. The zero-order valence-corrected chi connectivity index (χ0v) is 20.7. The molecule has 2 aromatic rings. The summed E-state index contributed by atoms with van der Waals surface area (Å²) in [4.78, 5) is 34.1. The summed E-state index contributed by atoms with van der Waals surface area (Å²) in [6.07, 6.45) is 6.55. The van der Waals surface area contributed by atoms with Crippen molar-refractivity contribution in [2.75, 3.05) is 32.4 Å². The number of aromatic amines is 1. The molecule has 2 aliphatic rings. The first kappa shape index (κ1) is 24.0. The van der Waals surface area contributed by atoms with E-state index in [0.29, 0.717) is 40.8 Å². The van der Waals surface area contributed by atoms with Gasteiger partial charge in [0.25, 0.3) is 5.56 Å². The molecular weight excluding hydrogens is 460 g/mol. The van der Waals surface area contributed by atoms with Gasteiger partial charge in [-0.15, -0.1) is 0 Å². The maximum atomic E-state index is 13.2. The van der Waals surface area contributed by atoms with Gasteiger partial charge in [0.05, 0.1) is 4.90 Å². The molecule has 1 aliphatic carbocycles. The Labute approximate surface area is 198 Å². The van der Waals surface area contributed by atoms with Crippen molar-refractivity contribution in [2.24, 2.45) is 0 Å². The minimum Gasteiger partial charge on any atom is -0.340 e. The van der Waals surface area contributed by atoms with Crippen molar-refractivity contribution in [1.82, 2.24) is 19.2 Å². The molecule has 33 heavy (non-hydrogen) atoms. The molecule has 178 valence electrons. The number of aryl methyl sites for hydroxylation is 3.